The molecular weight excluding hydrogens is 382 g/mol. The van der Waals surface area contributed by atoms with Crippen LogP contribution in [0.15, 0.2) is 23.4 Å². The summed E-state index contributed by atoms with van der Waals surface area (Å²) in [6.45, 7) is 6.33. The van der Waals surface area contributed by atoms with Crippen molar-refractivity contribution in [3.05, 3.63) is 34.1 Å². The summed E-state index contributed by atoms with van der Waals surface area (Å²) in [5.41, 5.74) is -0.0573. The first-order valence-corrected chi connectivity index (χ1v) is 10.2. The molecule has 1 saturated carbocycles. The lowest BCUT2D eigenvalue weighted by Crippen LogP contribution is -2.16. The lowest BCUT2D eigenvalue weighted by Gasteiger charge is -2.11. The number of rotatable bonds is 9. The SMILES string of the molecule is CCOc1ccc(NC(=O)CSc2nnc(C(C)C)n2C2CC2)c([N+](=O)[O-])c1. The van der Waals surface area contributed by atoms with Crippen molar-refractivity contribution in [1.29, 1.82) is 0 Å². The number of thioether (sulfide) groups is 1. The fraction of sp³-hybridized carbons (Fsp3) is 0.500. The standard InChI is InChI=1S/C18H23N5O4S/c1-4-27-13-7-8-14(15(9-13)23(25)26)19-16(24)10-28-18-21-20-17(11(2)3)22(18)12-5-6-12/h7-9,11-12H,4-6,10H2,1-3H3,(H,19,24). The first-order chi connectivity index (χ1) is 13.4. The fourth-order valence-electron chi connectivity index (χ4n) is 2.80. The fourth-order valence-corrected chi connectivity index (χ4v) is 3.61. The zero-order valence-electron chi connectivity index (χ0n) is 16.0. The van der Waals surface area contributed by atoms with Gasteiger partial charge in [-0.25, -0.2) is 0 Å². The molecule has 1 aromatic carbocycles. The Balaban J connectivity index is 1.68. The number of benzene rings is 1. The minimum Gasteiger partial charge on any atom is -0.494 e. The maximum absolute atomic E-state index is 12.4. The van der Waals surface area contributed by atoms with Gasteiger partial charge in [0.2, 0.25) is 5.91 Å². The molecule has 0 aliphatic heterocycles. The van der Waals surface area contributed by atoms with Gasteiger partial charge in [-0.05, 0) is 31.9 Å². The number of ether oxygens (including phenoxy) is 1. The molecule has 1 aliphatic carbocycles. The van der Waals surface area contributed by atoms with Gasteiger partial charge in [0.25, 0.3) is 5.69 Å². The highest BCUT2D eigenvalue weighted by Crippen LogP contribution is 2.40. The molecule has 1 heterocycles. The van der Waals surface area contributed by atoms with Gasteiger partial charge in [-0.3, -0.25) is 14.9 Å². The van der Waals surface area contributed by atoms with E-state index in [1.54, 1.807) is 13.0 Å². The molecule has 1 aliphatic rings. The van der Waals surface area contributed by atoms with Crippen molar-refractivity contribution >= 4 is 29.0 Å². The molecule has 1 fully saturated rings. The summed E-state index contributed by atoms with van der Waals surface area (Å²) in [6.07, 6.45) is 2.19. The van der Waals surface area contributed by atoms with Crippen LogP contribution in [-0.2, 0) is 4.79 Å². The molecule has 0 spiro atoms. The van der Waals surface area contributed by atoms with Crippen molar-refractivity contribution in [2.24, 2.45) is 0 Å². The molecule has 9 nitrogen and oxygen atoms in total. The van der Waals surface area contributed by atoms with Gasteiger partial charge in [-0.15, -0.1) is 10.2 Å². The molecule has 1 aromatic heterocycles. The number of hydrogen-bond acceptors (Lipinski definition) is 7. The van der Waals surface area contributed by atoms with Gasteiger partial charge in [0, 0.05) is 12.0 Å². The van der Waals surface area contributed by atoms with Crippen molar-refractivity contribution in [3.63, 3.8) is 0 Å². The first-order valence-electron chi connectivity index (χ1n) is 9.19. The number of anilines is 1. The molecule has 0 bridgehead atoms. The summed E-state index contributed by atoms with van der Waals surface area (Å²) in [5.74, 6) is 1.32. The van der Waals surface area contributed by atoms with Gasteiger partial charge in [0.05, 0.1) is 23.3 Å². The predicted octanol–water partition coefficient (Wildman–Crippen LogP) is 3.77. The number of nitrogens with one attached hydrogen (secondary N) is 1. The van der Waals surface area contributed by atoms with Crippen LogP contribution in [0, 0.1) is 10.1 Å². The molecule has 3 rings (SSSR count). The average molecular weight is 405 g/mol. The van der Waals surface area contributed by atoms with E-state index in [9.17, 15) is 14.9 Å². The largest absolute Gasteiger partial charge is 0.494 e. The predicted molar refractivity (Wildman–Crippen MR) is 106 cm³/mol. The van der Waals surface area contributed by atoms with Crippen LogP contribution in [0.2, 0.25) is 0 Å². The van der Waals surface area contributed by atoms with Crippen LogP contribution in [0.5, 0.6) is 5.75 Å². The van der Waals surface area contributed by atoms with Crippen LogP contribution in [0.3, 0.4) is 0 Å². The second-order valence-corrected chi connectivity index (χ2v) is 7.75. The van der Waals surface area contributed by atoms with Gasteiger partial charge in [0.1, 0.15) is 17.3 Å². The number of nitro groups is 1. The van der Waals surface area contributed by atoms with E-state index in [1.807, 2.05) is 0 Å². The van der Waals surface area contributed by atoms with E-state index in [2.05, 4.69) is 33.9 Å². The van der Waals surface area contributed by atoms with Crippen molar-refractivity contribution in [2.75, 3.05) is 17.7 Å². The molecule has 2 aromatic rings. The van der Waals surface area contributed by atoms with Crippen LogP contribution in [0.25, 0.3) is 0 Å². The van der Waals surface area contributed by atoms with E-state index in [4.69, 9.17) is 4.74 Å². The molecule has 10 heteroatoms. The quantitative estimate of drug-likeness (QED) is 0.384. The summed E-state index contributed by atoms with van der Waals surface area (Å²) in [5, 5.41) is 23.1. The summed E-state index contributed by atoms with van der Waals surface area (Å²) in [7, 11) is 0. The highest BCUT2D eigenvalue weighted by Gasteiger charge is 2.30. The number of carbonyl (C=O) groups is 1. The van der Waals surface area contributed by atoms with Crippen LogP contribution in [-0.4, -0.2) is 38.0 Å². The molecule has 0 saturated heterocycles. The van der Waals surface area contributed by atoms with Crippen molar-refractivity contribution in [1.82, 2.24) is 14.8 Å². The van der Waals surface area contributed by atoms with Crippen LogP contribution < -0.4 is 10.1 Å². The maximum Gasteiger partial charge on any atom is 0.296 e. The Morgan fingerprint density at radius 1 is 1.43 bits per heavy atom. The Hall–Kier alpha value is -2.62. The first kappa shape index (κ1) is 20.1. The van der Waals surface area contributed by atoms with E-state index in [0.29, 0.717) is 23.6 Å². The van der Waals surface area contributed by atoms with Gasteiger partial charge >= 0.3 is 0 Å². The molecule has 1 amide bonds. The third-order valence-corrected chi connectivity index (χ3v) is 5.15. The molecule has 150 valence electrons. The topological polar surface area (TPSA) is 112 Å². The highest BCUT2D eigenvalue weighted by molar-refractivity contribution is 7.99. The van der Waals surface area contributed by atoms with Gasteiger partial charge in [0.15, 0.2) is 5.16 Å². The zero-order chi connectivity index (χ0) is 20.3. The number of hydrogen-bond donors (Lipinski definition) is 1. The summed E-state index contributed by atoms with van der Waals surface area (Å²) in [4.78, 5) is 23.1. The van der Waals surface area contributed by atoms with Crippen molar-refractivity contribution < 1.29 is 14.5 Å². The Labute approximate surface area is 167 Å². The molecule has 0 atom stereocenters. The van der Waals surface area contributed by atoms with Crippen LogP contribution in [0.4, 0.5) is 11.4 Å². The smallest absolute Gasteiger partial charge is 0.296 e. The third-order valence-electron chi connectivity index (χ3n) is 4.20. The zero-order valence-corrected chi connectivity index (χ0v) is 16.9. The van der Waals surface area contributed by atoms with Gasteiger partial charge < -0.3 is 14.6 Å². The van der Waals surface area contributed by atoms with Gasteiger partial charge in [-0.1, -0.05) is 25.6 Å². The number of aromatic nitrogens is 3. The van der Waals surface area contributed by atoms with Gasteiger partial charge in [-0.2, -0.15) is 0 Å². The molecule has 28 heavy (non-hydrogen) atoms. The van der Waals surface area contributed by atoms with E-state index in [1.165, 1.54) is 23.9 Å². The van der Waals surface area contributed by atoms with E-state index < -0.39 is 4.92 Å². The minimum absolute atomic E-state index is 0.0906. The second kappa shape index (κ2) is 8.59. The minimum atomic E-state index is -0.538. The summed E-state index contributed by atoms with van der Waals surface area (Å²) < 4.78 is 7.40. The number of amides is 1. The molecule has 0 unspecified atom stereocenters. The van der Waals surface area contributed by atoms with E-state index in [-0.39, 0.29) is 29.0 Å². The highest BCUT2D eigenvalue weighted by atomic mass is 32.2. The normalized spacial score (nSPS) is 13.6. The summed E-state index contributed by atoms with van der Waals surface area (Å²) >= 11 is 1.29. The van der Waals surface area contributed by atoms with Crippen molar-refractivity contribution in [2.45, 2.75) is 50.7 Å². The van der Waals surface area contributed by atoms with Crippen LogP contribution >= 0.6 is 11.8 Å². The summed E-state index contributed by atoms with van der Waals surface area (Å²) in [6, 6.07) is 4.79. The molecular formula is C18H23N5O4S. The molecule has 0 radical (unpaired) electrons. The number of nitro benzene ring substituents is 1. The lowest BCUT2D eigenvalue weighted by atomic mass is 10.2. The average Bonchev–Trinajstić information content (AvgIpc) is 3.39. The van der Waals surface area contributed by atoms with Crippen molar-refractivity contribution in [3.8, 4) is 5.75 Å². The Bertz CT molecular complexity index is 879. The lowest BCUT2D eigenvalue weighted by molar-refractivity contribution is -0.384. The Morgan fingerprint density at radius 2 is 2.18 bits per heavy atom. The third kappa shape index (κ3) is 4.61. The maximum atomic E-state index is 12.4. The number of carbonyl (C=O) groups excluding carboxylic acids is 1. The van der Waals surface area contributed by atoms with E-state index in [0.717, 1.165) is 18.7 Å². The Morgan fingerprint density at radius 3 is 2.79 bits per heavy atom. The second-order valence-electron chi connectivity index (χ2n) is 6.80. The van der Waals surface area contributed by atoms with Crippen LogP contribution in [0.1, 0.15) is 51.4 Å². The number of nitrogens with zero attached hydrogens (tertiary/aromatic N) is 4. The molecule has 1 N–H and O–H groups in total. The Kier molecular flexibility index (Phi) is 6.18. The van der Waals surface area contributed by atoms with E-state index >= 15 is 0 Å². The monoisotopic (exact) mass is 405 g/mol.